The smallest absolute Gasteiger partial charge is 0.311 e. The largest absolute Gasteiger partial charge is 0.481 e. The molecule has 0 spiro atoms. The normalized spacial score (nSPS) is 17.2. The minimum Gasteiger partial charge on any atom is -0.481 e. The molecule has 1 amide bonds. The van der Waals surface area contributed by atoms with Crippen LogP contribution in [0.3, 0.4) is 0 Å². The summed E-state index contributed by atoms with van der Waals surface area (Å²) in [4.78, 5) is 24.7. The number of amides is 1. The molecule has 0 saturated carbocycles. The molecule has 132 valence electrons. The van der Waals surface area contributed by atoms with Crippen molar-refractivity contribution in [3.63, 3.8) is 0 Å². The monoisotopic (exact) mass is 333 g/mol. The topological polar surface area (TPSA) is 75.6 Å². The highest BCUT2D eigenvalue weighted by Crippen LogP contribution is 2.34. The van der Waals surface area contributed by atoms with Gasteiger partial charge >= 0.3 is 5.97 Å². The highest BCUT2D eigenvalue weighted by molar-refractivity contribution is 5.88. The highest BCUT2D eigenvalue weighted by Gasteiger charge is 2.43. The fourth-order valence-electron chi connectivity index (χ4n) is 3.51. The van der Waals surface area contributed by atoms with Crippen LogP contribution < -0.4 is 5.32 Å². The molecule has 1 fully saturated rings. The van der Waals surface area contributed by atoms with Gasteiger partial charge in [0.2, 0.25) is 5.91 Å². The van der Waals surface area contributed by atoms with Gasteiger partial charge in [-0.1, -0.05) is 44.2 Å². The van der Waals surface area contributed by atoms with Gasteiger partial charge in [-0.3, -0.25) is 9.59 Å². The van der Waals surface area contributed by atoms with E-state index in [2.05, 4.69) is 5.32 Å². The van der Waals surface area contributed by atoms with Crippen molar-refractivity contribution in [2.75, 3.05) is 19.8 Å². The molecule has 2 rings (SSSR count). The predicted octanol–water partition coefficient (Wildman–Crippen LogP) is 2.74. The minimum atomic E-state index is -0.919. The Kier molecular flexibility index (Phi) is 5.99. The van der Waals surface area contributed by atoms with Crippen molar-refractivity contribution in [3.8, 4) is 0 Å². The van der Waals surface area contributed by atoms with Crippen LogP contribution in [0, 0.1) is 5.41 Å². The molecule has 2 N–H and O–H groups in total. The Bertz CT molecular complexity index is 560. The van der Waals surface area contributed by atoms with Crippen molar-refractivity contribution in [2.45, 2.75) is 44.9 Å². The second-order valence-electron chi connectivity index (χ2n) is 6.54. The second-order valence-corrected chi connectivity index (χ2v) is 6.54. The van der Waals surface area contributed by atoms with Crippen molar-refractivity contribution in [3.05, 3.63) is 35.9 Å². The number of carbonyl (C=O) groups excluding carboxylic acids is 1. The lowest BCUT2D eigenvalue weighted by Gasteiger charge is -2.36. The van der Waals surface area contributed by atoms with Crippen molar-refractivity contribution in [2.24, 2.45) is 5.41 Å². The predicted molar refractivity (Wildman–Crippen MR) is 91.8 cm³/mol. The Morgan fingerprint density at radius 1 is 1.17 bits per heavy atom. The summed E-state index contributed by atoms with van der Waals surface area (Å²) in [5.74, 6) is -0.949. The molecule has 1 aromatic rings. The molecule has 1 heterocycles. The molecule has 5 heteroatoms. The number of carboxylic acid groups (broad SMARTS) is 1. The van der Waals surface area contributed by atoms with Crippen LogP contribution in [0.25, 0.3) is 0 Å². The number of rotatable bonds is 7. The zero-order valence-corrected chi connectivity index (χ0v) is 14.5. The number of hydrogen-bond acceptors (Lipinski definition) is 3. The Balaban J connectivity index is 2.18. The lowest BCUT2D eigenvalue weighted by atomic mass is 9.74. The van der Waals surface area contributed by atoms with E-state index in [4.69, 9.17) is 4.74 Å². The maximum absolute atomic E-state index is 13.0. The third-order valence-corrected chi connectivity index (χ3v) is 5.46. The van der Waals surface area contributed by atoms with Gasteiger partial charge < -0.3 is 15.2 Å². The van der Waals surface area contributed by atoms with Crippen LogP contribution >= 0.6 is 0 Å². The Morgan fingerprint density at radius 2 is 1.75 bits per heavy atom. The standard InChI is InChI=1S/C19H27NO4/c1-3-19(4-2,15-8-6-5-7-9-15)16(21)20-14-18(17(22)23)10-12-24-13-11-18/h5-9H,3-4,10-14H2,1-2H3,(H,20,21)(H,22,23). The van der Waals surface area contributed by atoms with Gasteiger partial charge in [-0.05, 0) is 31.2 Å². The number of nitrogens with one attached hydrogen (secondary N) is 1. The van der Waals surface area contributed by atoms with Gasteiger partial charge in [-0.15, -0.1) is 0 Å². The fourth-order valence-corrected chi connectivity index (χ4v) is 3.51. The van der Waals surface area contributed by atoms with Gasteiger partial charge in [-0.2, -0.15) is 0 Å². The number of benzene rings is 1. The van der Waals surface area contributed by atoms with Gasteiger partial charge in [-0.25, -0.2) is 0 Å². The van der Waals surface area contributed by atoms with Crippen LogP contribution in [0.2, 0.25) is 0 Å². The molecule has 0 aromatic heterocycles. The van der Waals surface area contributed by atoms with E-state index in [1.165, 1.54) is 0 Å². The van der Waals surface area contributed by atoms with Gasteiger partial charge in [0.25, 0.3) is 0 Å². The first-order valence-corrected chi connectivity index (χ1v) is 8.66. The van der Waals surface area contributed by atoms with E-state index in [0.717, 1.165) is 5.56 Å². The lowest BCUT2D eigenvalue weighted by molar-refractivity contribution is -0.155. The van der Waals surface area contributed by atoms with Crippen LogP contribution in [0.1, 0.15) is 45.1 Å². The molecule has 5 nitrogen and oxygen atoms in total. The summed E-state index contributed by atoms with van der Waals surface area (Å²) < 4.78 is 5.28. The van der Waals surface area contributed by atoms with Crippen molar-refractivity contribution in [1.82, 2.24) is 5.32 Å². The quantitative estimate of drug-likeness (QED) is 0.804. The summed E-state index contributed by atoms with van der Waals surface area (Å²) in [5, 5.41) is 12.6. The summed E-state index contributed by atoms with van der Waals surface area (Å²) in [7, 11) is 0. The highest BCUT2D eigenvalue weighted by atomic mass is 16.5. The third-order valence-electron chi connectivity index (χ3n) is 5.46. The van der Waals surface area contributed by atoms with Gasteiger partial charge in [0, 0.05) is 19.8 Å². The first-order chi connectivity index (χ1) is 11.5. The van der Waals surface area contributed by atoms with Gasteiger partial charge in [0.15, 0.2) is 0 Å². The van der Waals surface area contributed by atoms with E-state index in [1.54, 1.807) is 0 Å². The van der Waals surface area contributed by atoms with Gasteiger partial charge in [0.1, 0.15) is 0 Å². The molecule has 0 unspecified atom stereocenters. The number of ether oxygens (including phenoxy) is 1. The Hall–Kier alpha value is -1.88. The van der Waals surface area contributed by atoms with Crippen molar-refractivity contribution >= 4 is 11.9 Å². The van der Waals surface area contributed by atoms with E-state index >= 15 is 0 Å². The summed E-state index contributed by atoms with van der Waals surface area (Å²) in [6.45, 7) is 5.00. The van der Waals surface area contributed by atoms with Crippen LogP contribution in [-0.4, -0.2) is 36.7 Å². The zero-order chi connectivity index (χ0) is 17.6. The van der Waals surface area contributed by atoms with Crippen molar-refractivity contribution in [1.29, 1.82) is 0 Å². The van der Waals surface area contributed by atoms with E-state index < -0.39 is 16.8 Å². The molecule has 0 bridgehead atoms. The maximum atomic E-state index is 13.0. The Labute approximate surface area is 143 Å². The molecule has 0 aliphatic carbocycles. The van der Waals surface area contributed by atoms with Crippen LogP contribution in [0.5, 0.6) is 0 Å². The van der Waals surface area contributed by atoms with Crippen molar-refractivity contribution < 1.29 is 19.4 Å². The zero-order valence-electron chi connectivity index (χ0n) is 14.5. The number of carbonyl (C=O) groups is 2. The Morgan fingerprint density at radius 3 is 2.25 bits per heavy atom. The molecule has 1 saturated heterocycles. The average molecular weight is 333 g/mol. The summed E-state index contributed by atoms with van der Waals surface area (Å²) >= 11 is 0. The SMILES string of the molecule is CCC(CC)(C(=O)NCC1(C(=O)O)CCOCC1)c1ccccc1. The number of aliphatic carboxylic acids is 1. The summed E-state index contributed by atoms with van der Waals surface area (Å²) in [6, 6.07) is 9.72. The van der Waals surface area contributed by atoms with Crippen LogP contribution in [0.15, 0.2) is 30.3 Å². The molecule has 0 atom stereocenters. The third kappa shape index (κ3) is 3.46. The van der Waals surface area contributed by atoms with Crippen LogP contribution in [0.4, 0.5) is 0 Å². The van der Waals surface area contributed by atoms with E-state index in [0.29, 0.717) is 38.9 Å². The molecular formula is C19H27NO4. The fraction of sp³-hybridized carbons (Fsp3) is 0.579. The van der Waals surface area contributed by atoms with Gasteiger partial charge in [0.05, 0.1) is 10.8 Å². The molecule has 1 aliphatic heterocycles. The number of hydrogen-bond donors (Lipinski definition) is 2. The molecule has 24 heavy (non-hydrogen) atoms. The lowest BCUT2D eigenvalue weighted by Crippen LogP contribution is -2.51. The first-order valence-electron chi connectivity index (χ1n) is 8.66. The minimum absolute atomic E-state index is 0.0918. The summed E-state index contributed by atoms with van der Waals surface area (Å²) in [6.07, 6.45) is 2.20. The first kappa shape index (κ1) is 18.5. The number of carboxylic acids is 1. The molecule has 1 aliphatic rings. The molecule has 0 radical (unpaired) electrons. The molecule has 1 aromatic carbocycles. The van der Waals surface area contributed by atoms with E-state index in [-0.39, 0.29) is 12.5 Å². The average Bonchev–Trinajstić information content (AvgIpc) is 2.63. The second kappa shape index (κ2) is 7.79. The van der Waals surface area contributed by atoms with E-state index in [9.17, 15) is 14.7 Å². The summed E-state index contributed by atoms with van der Waals surface area (Å²) in [5.41, 5.74) is -0.562. The maximum Gasteiger partial charge on any atom is 0.311 e. The van der Waals surface area contributed by atoms with E-state index in [1.807, 2.05) is 44.2 Å². The molecular weight excluding hydrogens is 306 g/mol. The van der Waals surface area contributed by atoms with Crippen LogP contribution in [-0.2, 0) is 19.7 Å².